The molecule has 4 saturated carbocycles. The number of hydrogen-bond acceptors (Lipinski definition) is 5. The van der Waals surface area contributed by atoms with E-state index in [0.29, 0.717) is 35.2 Å². The number of esters is 1. The zero-order valence-electron chi connectivity index (χ0n) is 26.7. The third-order valence-electron chi connectivity index (χ3n) is 14.1. The smallest absolute Gasteiger partial charge is 0.337 e. The maximum absolute atomic E-state index is 12.0. The van der Waals surface area contributed by atoms with Crippen LogP contribution >= 0.6 is 0 Å². The zero-order valence-corrected chi connectivity index (χ0v) is 26.7. The fourth-order valence-corrected chi connectivity index (χ4v) is 12.2. The van der Waals surface area contributed by atoms with Gasteiger partial charge in [0.1, 0.15) is 0 Å². The van der Waals surface area contributed by atoms with Crippen LogP contribution in [0.1, 0.15) is 108 Å². The second kappa shape index (κ2) is 9.81. The number of carbonyl (C=O) groups is 1. The summed E-state index contributed by atoms with van der Waals surface area (Å²) >= 11 is 0. The molecule has 1 aromatic carbocycles. The van der Waals surface area contributed by atoms with Crippen LogP contribution < -0.4 is 5.73 Å². The Hall–Kier alpha value is -2.40. The van der Waals surface area contributed by atoms with Gasteiger partial charge < -0.3 is 15.7 Å². The highest BCUT2D eigenvalue weighted by Crippen LogP contribution is 2.74. The van der Waals surface area contributed by atoms with Gasteiger partial charge >= 0.3 is 5.97 Å². The Bertz CT molecular complexity index is 1330. The topological polar surface area (TPSA) is 84.9 Å². The summed E-state index contributed by atoms with van der Waals surface area (Å²) in [6.45, 7) is 16.7. The third kappa shape index (κ3) is 3.84. The summed E-state index contributed by atoms with van der Waals surface area (Å²) in [6.07, 6.45) is 14.4. The molecule has 0 radical (unpaired) electrons. The lowest BCUT2D eigenvalue weighted by atomic mass is 9.34. The number of nitrogens with zero attached hydrogens (tertiary/aromatic N) is 1. The van der Waals surface area contributed by atoms with Crippen molar-refractivity contribution in [2.75, 3.05) is 7.11 Å². The van der Waals surface area contributed by atoms with Crippen LogP contribution in [0.25, 0.3) is 5.57 Å². The number of hydrogen-bond donors (Lipinski definition) is 2. The van der Waals surface area contributed by atoms with Crippen molar-refractivity contribution in [1.29, 1.82) is 0 Å². The van der Waals surface area contributed by atoms with Crippen molar-refractivity contribution in [2.24, 2.45) is 62.1 Å². The van der Waals surface area contributed by atoms with E-state index >= 15 is 0 Å². The average Bonchev–Trinajstić information content (AvgIpc) is 3.33. The lowest BCUT2D eigenvalue weighted by Crippen LogP contribution is -2.73. The molecule has 0 heterocycles. The van der Waals surface area contributed by atoms with Crippen LogP contribution in [0.3, 0.4) is 0 Å². The first kappa shape index (κ1) is 29.7. The van der Waals surface area contributed by atoms with Crippen molar-refractivity contribution in [3.8, 4) is 0 Å². The van der Waals surface area contributed by atoms with Gasteiger partial charge in [-0.3, -0.25) is 0 Å². The van der Waals surface area contributed by atoms with Crippen LogP contribution in [0.5, 0.6) is 0 Å². The molecule has 5 aliphatic carbocycles. The Labute approximate surface area is 253 Å². The molecule has 5 nitrogen and oxygen atoms in total. The van der Waals surface area contributed by atoms with Crippen molar-refractivity contribution in [1.82, 2.24) is 0 Å². The van der Waals surface area contributed by atoms with Gasteiger partial charge in [-0.05, 0) is 134 Å². The molecule has 0 amide bonds. The van der Waals surface area contributed by atoms with Gasteiger partial charge in [-0.1, -0.05) is 58.1 Å². The van der Waals surface area contributed by atoms with Crippen molar-refractivity contribution < 1.29 is 14.7 Å². The summed E-state index contributed by atoms with van der Waals surface area (Å²) in [4.78, 5) is 12.0. The Morgan fingerprint density at radius 1 is 1.02 bits per heavy atom. The van der Waals surface area contributed by atoms with Gasteiger partial charge in [0.2, 0.25) is 0 Å². The first-order valence-electron chi connectivity index (χ1n) is 16.3. The molecule has 0 saturated heterocycles. The standard InChI is InChI=1S/C37H52N2O3/c1-23(2)26-14-19-36(22-39-41)20-21-37(38)28(31(26)36)12-13-30-34(5)17-15-27(24-8-10-25(11-9-24)32(40)42-7)33(3,4)29(34)16-18-35(30,37)6/h8-11,15,22,26,28-31,41H,1,12-14,16-21,38H2,2-7H3/b39-22+/t26-,28+,29-,30+,31+,34-,35+,36?,37-/m0/s1. The predicted molar refractivity (Wildman–Crippen MR) is 169 cm³/mol. The van der Waals surface area contributed by atoms with Crippen molar-refractivity contribution in [3.63, 3.8) is 0 Å². The van der Waals surface area contributed by atoms with E-state index in [-0.39, 0.29) is 33.2 Å². The normalized spacial score (nSPS) is 43.9. The molecule has 0 spiro atoms. The number of ether oxygens (including phenoxy) is 1. The number of rotatable bonds is 4. The van der Waals surface area contributed by atoms with Gasteiger partial charge in [-0.2, -0.15) is 0 Å². The highest BCUT2D eigenvalue weighted by atomic mass is 16.5. The second-order valence-electron chi connectivity index (χ2n) is 15.9. The minimum absolute atomic E-state index is 0.00946. The molecule has 5 heteroatoms. The Balaban J connectivity index is 1.35. The highest BCUT2D eigenvalue weighted by Gasteiger charge is 2.70. The maximum atomic E-state index is 12.0. The van der Waals surface area contributed by atoms with Gasteiger partial charge in [-0.25, -0.2) is 4.79 Å². The summed E-state index contributed by atoms with van der Waals surface area (Å²) in [5, 5.41) is 13.4. The minimum atomic E-state index is -0.292. The molecule has 228 valence electrons. The molecule has 9 atom stereocenters. The van der Waals surface area contributed by atoms with E-state index in [4.69, 9.17) is 10.5 Å². The molecule has 6 rings (SSSR count). The lowest BCUT2D eigenvalue weighted by Gasteiger charge is -2.72. The van der Waals surface area contributed by atoms with Crippen LogP contribution in [-0.4, -0.2) is 30.0 Å². The fraction of sp³-hybridized carbons (Fsp3) is 0.676. The van der Waals surface area contributed by atoms with Crippen LogP contribution in [-0.2, 0) is 4.74 Å². The predicted octanol–water partition coefficient (Wildman–Crippen LogP) is 8.28. The molecular formula is C37H52N2O3. The molecule has 0 bridgehead atoms. The van der Waals surface area contributed by atoms with Crippen molar-refractivity contribution >= 4 is 17.8 Å². The third-order valence-corrected chi connectivity index (χ3v) is 14.1. The Morgan fingerprint density at radius 3 is 2.38 bits per heavy atom. The van der Waals surface area contributed by atoms with Gasteiger partial charge in [0, 0.05) is 11.0 Å². The molecule has 1 unspecified atom stereocenters. The maximum Gasteiger partial charge on any atom is 0.337 e. The molecule has 1 aromatic rings. The van der Waals surface area contributed by atoms with Crippen molar-refractivity contribution in [3.05, 3.63) is 53.6 Å². The zero-order chi connectivity index (χ0) is 30.3. The summed E-state index contributed by atoms with van der Waals surface area (Å²) in [7, 11) is 1.43. The Morgan fingerprint density at radius 2 is 1.74 bits per heavy atom. The summed E-state index contributed by atoms with van der Waals surface area (Å²) in [5.74, 6) is 2.11. The van der Waals surface area contributed by atoms with Gasteiger partial charge in [0.05, 0.1) is 18.9 Å². The van der Waals surface area contributed by atoms with Crippen LogP contribution in [0.2, 0.25) is 0 Å². The van der Waals surface area contributed by atoms with E-state index < -0.39 is 0 Å². The van der Waals surface area contributed by atoms with Crippen molar-refractivity contribution in [2.45, 2.75) is 97.9 Å². The van der Waals surface area contributed by atoms with E-state index in [2.05, 4.69) is 64.6 Å². The van der Waals surface area contributed by atoms with Gasteiger partial charge in [-0.15, -0.1) is 5.16 Å². The van der Waals surface area contributed by atoms with E-state index in [1.807, 2.05) is 18.3 Å². The quantitative estimate of drug-likeness (QED) is 0.125. The van der Waals surface area contributed by atoms with Crippen LogP contribution in [0.4, 0.5) is 0 Å². The summed E-state index contributed by atoms with van der Waals surface area (Å²) in [5.41, 5.74) is 12.3. The van der Waals surface area contributed by atoms with Gasteiger partial charge in [0.25, 0.3) is 0 Å². The van der Waals surface area contributed by atoms with E-state index in [0.717, 1.165) is 44.9 Å². The van der Waals surface area contributed by atoms with Crippen LogP contribution in [0, 0.1) is 51.2 Å². The molecule has 42 heavy (non-hydrogen) atoms. The first-order chi connectivity index (χ1) is 19.8. The molecule has 5 aliphatic rings. The number of methoxy groups -OCH3 is 1. The minimum Gasteiger partial charge on any atom is -0.465 e. The summed E-state index contributed by atoms with van der Waals surface area (Å²) < 4.78 is 4.92. The number of benzene rings is 1. The number of nitrogens with two attached hydrogens (primary N) is 1. The van der Waals surface area contributed by atoms with E-state index in [1.165, 1.54) is 36.7 Å². The van der Waals surface area contributed by atoms with E-state index in [9.17, 15) is 10.0 Å². The monoisotopic (exact) mass is 572 g/mol. The lowest BCUT2D eigenvalue weighted by molar-refractivity contribution is -0.186. The molecule has 3 N–H and O–H groups in total. The first-order valence-corrected chi connectivity index (χ1v) is 16.3. The number of fused-ring (bicyclic) bond motifs is 7. The van der Waals surface area contributed by atoms with Gasteiger partial charge in [0.15, 0.2) is 0 Å². The fourth-order valence-electron chi connectivity index (χ4n) is 12.2. The largest absolute Gasteiger partial charge is 0.465 e. The average molecular weight is 573 g/mol. The number of oxime groups is 1. The van der Waals surface area contributed by atoms with Crippen LogP contribution in [0.15, 0.2) is 47.6 Å². The van der Waals surface area contributed by atoms with E-state index in [1.54, 1.807) is 0 Å². The summed E-state index contributed by atoms with van der Waals surface area (Å²) in [6, 6.07) is 7.99. The number of allylic oxidation sites excluding steroid dienone is 3. The SMILES string of the molecule is C=C(C)[C@@H]1CCC2(/C=N/O)CC[C@]3(N)[C@H](CC[C@@H]4[C@@]5(C)CC=C(c6ccc(C(=O)OC)cc6)C(C)(C)[C@@H]5CC[C@]43C)[C@@H]12. The molecule has 0 aliphatic heterocycles. The highest BCUT2D eigenvalue weighted by molar-refractivity contribution is 5.90. The number of carbonyl (C=O) groups excluding carboxylic acids is 1. The molecular weight excluding hydrogens is 520 g/mol. The molecule has 4 fully saturated rings. The molecule has 0 aromatic heterocycles. The Kier molecular flexibility index (Phi) is 6.93. The second-order valence-corrected chi connectivity index (χ2v) is 15.9.